The first-order valence-corrected chi connectivity index (χ1v) is 10.7. The fourth-order valence-corrected chi connectivity index (χ4v) is 3.71. The zero-order valence-electron chi connectivity index (χ0n) is 17.7. The monoisotopic (exact) mass is 457 g/mol. The van der Waals surface area contributed by atoms with E-state index < -0.39 is 5.97 Å². The number of furan rings is 1. The zero-order chi connectivity index (χ0) is 22.9. The van der Waals surface area contributed by atoms with Gasteiger partial charge in [-0.1, -0.05) is 12.1 Å². The van der Waals surface area contributed by atoms with E-state index in [1.54, 1.807) is 35.7 Å². The Labute approximate surface area is 189 Å². The molecule has 0 aliphatic heterocycles. The molecule has 10 heteroatoms. The standard InChI is InChI=1S/C22H23N3O6S/c1-15(26)25(17-7-3-4-8-18(17)29-2)22-24-16(14-32-22)13-31-20(27)10-5-11-23-21(28)19-9-6-12-30-19/h3-4,6-9,12,14H,5,10-11,13H2,1-2H3,(H,23,28). The summed E-state index contributed by atoms with van der Waals surface area (Å²) in [6.07, 6.45) is 2.00. The number of para-hydroxylation sites is 2. The average Bonchev–Trinajstić information content (AvgIpc) is 3.48. The van der Waals surface area contributed by atoms with Crippen molar-refractivity contribution in [2.45, 2.75) is 26.4 Å². The molecule has 0 aliphatic carbocycles. The van der Waals surface area contributed by atoms with Crippen molar-refractivity contribution in [3.8, 4) is 5.75 Å². The SMILES string of the molecule is COc1ccccc1N(C(C)=O)c1nc(COC(=O)CCCNC(=O)c2ccco2)cs1. The van der Waals surface area contributed by atoms with Gasteiger partial charge in [0.25, 0.3) is 5.91 Å². The predicted molar refractivity (Wildman–Crippen MR) is 118 cm³/mol. The Balaban J connectivity index is 1.49. The summed E-state index contributed by atoms with van der Waals surface area (Å²) in [5.74, 6) is -0.183. The van der Waals surface area contributed by atoms with Gasteiger partial charge in [0.05, 0.1) is 24.8 Å². The van der Waals surface area contributed by atoms with Crippen molar-refractivity contribution < 1.29 is 28.3 Å². The van der Waals surface area contributed by atoms with Crippen molar-refractivity contribution in [2.75, 3.05) is 18.6 Å². The lowest BCUT2D eigenvalue weighted by Gasteiger charge is -2.20. The van der Waals surface area contributed by atoms with Crippen molar-refractivity contribution in [2.24, 2.45) is 0 Å². The summed E-state index contributed by atoms with van der Waals surface area (Å²) in [6, 6.07) is 10.3. The molecule has 3 aromatic rings. The van der Waals surface area contributed by atoms with E-state index in [4.69, 9.17) is 13.9 Å². The first-order valence-electron chi connectivity index (χ1n) is 9.85. The molecule has 0 aliphatic rings. The van der Waals surface area contributed by atoms with Gasteiger partial charge in [-0.3, -0.25) is 19.3 Å². The lowest BCUT2D eigenvalue weighted by Crippen LogP contribution is -2.24. The highest BCUT2D eigenvalue weighted by Crippen LogP contribution is 2.35. The van der Waals surface area contributed by atoms with Crippen LogP contribution in [0, 0.1) is 0 Å². The third kappa shape index (κ3) is 5.94. The quantitative estimate of drug-likeness (QED) is 0.365. The van der Waals surface area contributed by atoms with Gasteiger partial charge in [0.2, 0.25) is 5.91 Å². The number of anilines is 2. The van der Waals surface area contributed by atoms with E-state index in [-0.39, 0.29) is 30.6 Å². The first kappa shape index (κ1) is 23.0. The Hall–Kier alpha value is -3.66. The third-order valence-corrected chi connectivity index (χ3v) is 5.22. The Kier molecular flexibility index (Phi) is 7.98. The second-order valence-corrected chi connectivity index (χ2v) is 7.48. The number of ether oxygens (including phenoxy) is 2. The number of nitrogens with one attached hydrogen (secondary N) is 1. The van der Waals surface area contributed by atoms with Crippen LogP contribution in [-0.4, -0.2) is 36.4 Å². The molecule has 0 spiro atoms. The minimum Gasteiger partial charge on any atom is -0.495 e. The molecule has 2 heterocycles. The molecule has 2 aromatic heterocycles. The molecule has 1 aromatic carbocycles. The highest BCUT2D eigenvalue weighted by atomic mass is 32.1. The van der Waals surface area contributed by atoms with Crippen LogP contribution in [-0.2, 0) is 20.9 Å². The molecule has 0 radical (unpaired) electrons. The number of methoxy groups -OCH3 is 1. The molecule has 32 heavy (non-hydrogen) atoms. The largest absolute Gasteiger partial charge is 0.495 e. The van der Waals surface area contributed by atoms with Gasteiger partial charge in [-0.25, -0.2) is 4.98 Å². The van der Waals surface area contributed by atoms with Gasteiger partial charge >= 0.3 is 5.97 Å². The summed E-state index contributed by atoms with van der Waals surface area (Å²) in [5, 5.41) is 4.85. The van der Waals surface area contributed by atoms with Crippen LogP contribution in [0.5, 0.6) is 5.75 Å². The van der Waals surface area contributed by atoms with E-state index in [0.29, 0.717) is 35.2 Å². The molecule has 1 N–H and O–H groups in total. The van der Waals surface area contributed by atoms with Crippen LogP contribution in [0.25, 0.3) is 0 Å². The van der Waals surface area contributed by atoms with E-state index in [9.17, 15) is 14.4 Å². The molecule has 0 saturated carbocycles. The van der Waals surface area contributed by atoms with Crippen LogP contribution in [0.3, 0.4) is 0 Å². The van der Waals surface area contributed by atoms with Crippen molar-refractivity contribution in [3.05, 3.63) is 59.5 Å². The number of aromatic nitrogens is 1. The minimum absolute atomic E-state index is 0.00818. The summed E-state index contributed by atoms with van der Waals surface area (Å²) in [7, 11) is 1.53. The molecule has 2 amide bonds. The topological polar surface area (TPSA) is 111 Å². The lowest BCUT2D eigenvalue weighted by atomic mass is 10.2. The number of hydrogen-bond acceptors (Lipinski definition) is 8. The van der Waals surface area contributed by atoms with Crippen LogP contribution in [0.15, 0.2) is 52.5 Å². The van der Waals surface area contributed by atoms with Crippen LogP contribution in [0.1, 0.15) is 36.0 Å². The maximum atomic E-state index is 12.3. The highest BCUT2D eigenvalue weighted by Gasteiger charge is 2.21. The summed E-state index contributed by atoms with van der Waals surface area (Å²) < 4.78 is 15.6. The number of amides is 2. The molecule has 0 saturated heterocycles. The fraction of sp³-hybridized carbons (Fsp3) is 0.273. The number of esters is 1. The second-order valence-electron chi connectivity index (χ2n) is 6.65. The van der Waals surface area contributed by atoms with E-state index in [0.717, 1.165) is 0 Å². The van der Waals surface area contributed by atoms with Gasteiger partial charge in [0.15, 0.2) is 10.9 Å². The third-order valence-electron chi connectivity index (χ3n) is 4.34. The van der Waals surface area contributed by atoms with Gasteiger partial charge in [-0.2, -0.15) is 0 Å². The summed E-state index contributed by atoms with van der Waals surface area (Å²) in [4.78, 5) is 41.9. The van der Waals surface area contributed by atoms with Gasteiger partial charge in [0, 0.05) is 25.3 Å². The van der Waals surface area contributed by atoms with Crippen molar-refractivity contribution in [1.29, 1.82) is 0 Å². The van der Waals surface area contributed by atoms with Crippen molar-refractivity contribution >= 4 is 39.9 Å². The van der Waals surface area contributed by atoms with Gasteiger partial charge in [-0.15, -0.1) is 11.3 Å². The highest BCUT2D eigenvalue weighted by molar-refractivity contribution is 7.14. The maximum Gasteiger partial charge on any atom is 0.306 e. The molecule has 9 nitrogen and oxygen atoms in total. The molecule has 0 fully saturated rings. The van der Waals surface area contributed by atoms with E-state index in [2.05, 4.69) is 10.3 Å². The Morgan fingerprint density at radius 1 is 1.19 bits per heavy atom. The van der Waals surface area contributed by atoms with E-state index >= 15 is 0 Å². The molecule has 0 atom stereocenters. The second kappa shape index (κ2) is 11.1. The molecule has 3 rings (SSSR count). The van der Waals surface area contributed by atoms with Gasteiger partial charge in [0.1, 0.15) is 12.4 Å². The first-order chi connectivity index (χ1) is 15.5. The molecular weight excluding hydrogens is 434 g/mol. The number of rotatable bonds is 10. The number of benzene rings is 1. The van der Waals surface area contributed by atoms with Crippen molar-refractivity contribution in [1.82, 2.24) is 10.3 Å². The Morgan fingerprint density at radius 2 is 2.00 bits per heavy atom. The normalized spacial score (nSPS) is 10.4. The van der Waals surface area contributed by atoms with Crippen LogP contribution >= 0.6 is 11.3 Å². The molecule has 0 unspecified atom stereocenters. The maximum absolute atomic E-state index is 12.3. The Morgan fingerprint density at radius 3 is 2.72 bits per heavy atom. The molecular formula is C22H23N3O6S. The summed E-state index contributed by atoms with van der Waals surface area (Å²) in [6.45, 7) is 1.76. The predicted octanol–water partition coefficient (Wildman–Crippen LogP) is 3.68. The molecule has 0 bridgehead atoms. The summed E-state index contributed by atoms with van der Waals surface area (Å²) >= 11 is 1.27. The fourth-order valence-electron chi connectivity index (χ4n) is 2.84. The smallest absolute Gasteiger partial charge is 0.306 e. The Bertz CT molecular complexity index is 1060. The lowest BCUT2D eigenvalue weighted by molar-refractivity contribution is -0.145. The summed E-state index contributed by atoms with van der Waals surface area (Å²) in [5.41, 5.74) is 1.11. The van der Waals surface area contributed by atoms with Crippen molar-refractivity contribution in [3.63, 3.8) is 0 Å². The van der Waals surface area contributed by atoms with Crippen LogP contribution < -0.4 is 15.0 Å². The minimum atomic E-state index is -0.403. The van der Waals surface area contributed by atoms with E-state index in [1.165, 1.54) is 36.5 Å². The number of carbonyl (C=O) groups is 3. The number of thiazole rings is 1. The zero-order valence-corrected chi connectivity index (χ0v) is 18.5. The van der Waals surface area contributed by atoms with Gasteiger partial charge < -0.3 is 19.2 Å². The average molecular weight is 458 g/mol. The van der Waals surface area contributed by atoms with Crippen LogP contribution in [0.2, 0.25) is 0 Å². The number of nitrogens with zero attached hydrogens (tertiary/aromatic N) is 2. The number of carbonyl (C=O) groups excluding carboxylic acids is 3. The van der Waals surface area contributed by atoms with Crippen LogP contribution in [0.4, 0.5) is 10.8 Å². The number of hydrogen-bond donors (Lipinski definition) is 1. The van der Waals surface area contributed by atoms with Gasteiger partial charge in [-0.05, 0) is 30.7 Å². The van der Waals surface area contributed by atoms with E-state index in [1.807, 2.05) is 6.07 Å². The molecule has 168 valence electrons.